The zero-order valence-electron chi connectivity index (χ0n) is 12.7. The average Bonchev–Trinajstić information content (AvgIpc) is 2.79. The Morgan fingerprint density at radius 2 is 1.95 bits per heavy atom. The van der Waals surface area contributed by atoms with Crippen molar-refractivity contribution < 1.29 is 4.39 Å². The van der Waals surface area contributed by atoms with E-state index in [0.717, 1.165) is 29.9 Å². The zero-order valence-corrected chi connectivity index (χ0v) is 12.7. The van der Waals surface area contributed by atoms with Gasteiger partial charge in [-0.2, -0.15) is 0 Å². The fourth-order valence-electron chi connectivity index (χ4n) is 2.47. The molecule has 1 atom stereocenters. The first-order valence-corrected chi connectivity index (χ1v) is 7.54. The third-order valence-electron chi connectivity index (χ3n) is 3.76. The standard InChI is InChI=1S/C17H25FN2/c1-13(2)4-5-14(3)19-9-11-20-10-8-15-6-7-16(18)12-17(15)20/h6-8,10,12-14,19H,4-5,9,11H2,1-3H3. The van der Waals surface area contributed by atoms with Gasteiger partial charge in [-0.1, -0.05) is 13.8 Å². The van der Waals surface area contributed by atoms with E-state index < -0.39 is 0 Å². The van der Waals surface area contributed by atoms with E-state index in [1.807, 2.05) is 18.3 Å². The molecule has 2 nitrogen and oxygen atoms in total. The molecular formula is C17H25FN2. The van der Waals surface area contributed by atoms with Crippen LogP contribution in [0.5, 0.6) is 0 Å². The van der Waals surface area contributed by atoms with Crippen LogP contribution in [0, 0.1) is 11.7 Å². The Kier molecular flexibility index (Phi) is 5.18. The summed E-state index contributed by atoms with van der Waals surface area (Å²) in [5.41, 5.74) is 0.974. The molecule has 0 saturated carbocycles. The van der Waals surface area contributed by atoms with Crippen LogP contribution < -0.4 is 5.32 Å². The van der Waals surface area contributed by atoms with Crippen LogP contribution in [0.1, 0.15) is 33.6 Å². The fourth-order valence-corrected chi connectivity index (χ4v) is 2.47. The van der Waals surface area contributed by atoms with Crippen LogP contribution in [0.2, 0.25) is 0 Å². The van der Waals surface area contributed by atoms with Gasteiger partial charge in [0.15, 0.2) is 0 Å². The Hall–Kier alpha value is -1.35. The Labute approximate surface area is 121 Å². The Morgan fingerprint density at radius 1 is 1.15 bits per heavy atom. The van der Waals surface area contributed by atoms with Crippen molar-refractivity contribution in [3.05, 3.63) is 36.3 Å². The summed E-state index contributed by atoms with van der Waals surface area (Å²) in [6, 6.07) is 7.53. The molecule has 0 saturated heterocycles. The van der Waals surface area contributed by atoms with Crippen LogP contribution in [0.4, 0.5) is 4.39 Å². The lowest BCUT2D eigenvalue weighted by molar-refractivity contribution is 0.443. The number of halogens is 1. The van der Waals surface area contributed by atoms with Gasteiger partial charge in [0.1, 0.15) is 5.82 Å². The number of hydrogen-bond acceptors (Lipinski definition) is 1. The molecule has 1 aromatic carbocycles. The topological polar surface area (TPSA) is 17.0 Å². The first-order chi connectivity index (χ1) is 9.56. The number of rotatable bonds is 7. The molecule has 3 heteroatoms. The number of nitrogens with one attached hydrogen (secondary N) is 1. The molecule has 2 aromatic rings. The van der Waals surface area contributed by atoms with Crippen LogP contribution in [0.15, 0.2) is 30.5 Å². The van der Waals surface area contributed by atoms with E-state index in [0.29, 0.717) is 6.04 Å². The summed E-state index contributed by atoms with van der Waals surface area (Å²) in [5.74, 6) is 0.589. The zero-order chi connectivity index (χ0) is 14.5. The van der Waals surface area contributed by atoms with E-state index in [2.05, 4.69) is 30.7 Å². The third kappa shape index (κ3) is 4.07. The number of hydrogen-bond donors (Lipinski definition) is 1. The first kappa shape index (κ1) is 15.0. The van der Waals surface area contributed by atoms with Crippen LogP contribution in [0.3, 0.4) is 0 Å². The van der Waals surface area contributed by atoms with Gasteiger partial charge in [0.25, 0.3) is 0 Å². The molecule has 20 heavy (non-hydrogen) atoms. The van der Waals surface area contributed by atoms with E-state index in [4.69, 9.17) is 0 Å². The Bertz CT molecular complexity index is 545. The lowest BCUT2D eigenvalue weighted by Gasteiger charge is -2.15. The fraction of sp³-hybridized carbons (Fsp3) is 0.529. The molecule has 0 bridgehead atoms. The van der Waals surface area contributed by atoms with Crippen molar-refractivity contribution in [3.63, 3.8) is 0 Å². The van der Waals surface area contributed by atoms with Crippen molar-refractivity contribution in [1.82, 2.24) is 9.88 Å². The molecule has 2 rings (SSSR count). The molecule has 0 aliphatic carbocycles. The molecular weight excluding hydrogens is 251 g/mol. The number of benzene rings is 1. The molecule has 1 heterocycles. The average molecular weight is 276 g/mol. The minimum absolute atomic E-state index is 0.171. The SMILES string of the molecule is CC(C)CCC(C)NCCn1ccc2ccc(F)cc21. The second-order valence-electron chi connectivity index (χ2n) is 6.04. The first-order valence-electron chi connectivity index (χ1n) is 7.54. The van der Waals surface area contributed by atoms with Crippen molar-refractivity contribution in [3.8, 4) is 0 Å². The Morgan fingerprint density at radius 3 is 2.70 bits per heavy atom. The van der Waals surface area contributed by atoms with Crippen molar-refractivity contribution >= 4 is 10.9 Å². The normalized spacial score (nSPS) is 13.2. The van der Waals surface area contributed by atoms with E-state index >= 15 is 0 Å². The predicted molar refractivity (Wildman–Crippen MR) is 83.4 cm³/mol. The predicted octanol–water partition coefficient (Wildman–Crippen LogP) is 4.19. The number of nitrogens with zero attached hydrogens (tertiary/aromatic N) is 1. The monoisotopic (exact) mass is 276 g/mol. The van der Waals surface area contributed by atoms with Crippen molar-refractivity contribution in [2.75, 3.05) is 6.54 Å². The highest BCUT2D eigenvalue weighted by atomic mass is 19.1. The summed E-state index contributed by atoms with van der Waals surface area (Å²) in [4.78, 5) is 0. The van der Waals surface area contributed by atoms with Crippen molar-refractivity contribution in [2.45, 2.75) is 46.2 Å². The van der Waals surface area contributed by atoms with Gasteiger partial charge in [0.05, 0.1) is 5.52 Å². The maximum Gasteiger partial charge on any atom is 0.125 e. The summed E-state index contributed by atoms with van der Waals surface area (Å²) in [7, 11) is 0. The number of aromatic nitrogens is 1. The summed E-state index contributed by atoms with van der Waals surface area (Å²) >= 11 is 0. The highest BCUT2D eigenvalue weighted by molar-refractivity contribution is 5.80. The molecule has 0 aliphatic heterocycles. The van der Waals surface area contributed by atoms with Crippen LogP contribution in [-0.4, -0.2) is 17.2 Å². The largest absolute Gasteiger partial charge is 0.346 e. The molecule has 1 aromatic heterocycles. The molecule has 110 valence electrons. The van der Waals surface area contributed by atoms with Crippen LogP contribution in [0.25, 0.3) is 10.9 Å². The molecule has 0 amide bonds. The van der Waals surface area contributed by atoms with Gasteiger partial charge in [-0.25, -0.2) is 4.39 Å². The quantitative estimate of drug-likeness (QED) is 0.802. The van der Waals surface area contributed by atoms with Gasteiger partial charge < -0.3 is 9.88 Å². The maximum atomic E-state index is 13.3. The van der Waals surface area contributed by atoms with Gasteiger partial charge in [-0.15, -0.1) is 0 Å². The van der Waals surface area contributed by atoms with E-state index in [9.17, 15) is 4.39 Å². The van der Waals surface area contributed by atoms with Gasteiger partial charge in [-0.3, -0.25) is 0 Å². The highest BCUT2D eigenvalue weighted by Gasteiger charge is 2.05. The van der Waals surface area contributed by atoms with Crippen molar-refractivity contribution in [1.29, 1.82) is 0 Å². The second-order valence-corrected chi connectivity index (χ2v) is 6.04. The van der Waals surface area contributed by atoms with E-state index in [1.165, 1.54) is 18.9 Å². The summed E-state index contributed by atoms with van der Waals surface area (Å²) < 4.78 is 15.4. The third-order valence-corrected chi connectivity index (χ3v) is 3.76. The van der Waals surface area contributed by atoms with Crippen molar-refractivity contribution in [2.24, 2.45) is 5.92 Å². The number of fused-ring (bicyclic) bond motifs is 1. The maximum absolute atomic E-state index is 13.3. The van der Waals surface area contributed by atoms with E-state index in [1.54, 1.807) is 6.07 Å². The van der Waals surface area contributed by atoms with Gasteiger partial charge in [0, 0.05) is 25.3 Å². The summed E-state index contributed by atoms with van der Waals surface area (Å²) in [6.07, 6.45) is 4.50. The van der Waals surface area contributed by atoms with Gasteiger partial charge in [0.2, 0.25) is 0 Å². The Balaban J connectivity index is 1.85. The summed E-state index contributed by atoms with van der Waals surface area (Å²) in [5, 5.41) is 4.64. The molecule has 0 fully saturated rings. The lowest BCUT2D eigenvalue weighted by atomic mass is 10.0. The molecule has 0 spiro atoms. The second kappa shape index (κ2) is 6.89. The van der Waals surface area contributed by atoms with Crippen LogP contribution in [-0.2, 0) is 6.54 Å². The lowest BCUT2D eigenvalue weighted by Crippen LogP contribution is -2.29. The smallest absolute Gasteiger partial charge is 0.125 e. The molecule has 1 N–H and O–H groups in total. The highest BCUT2D eigenvalue weighted by Crippen LogP contribution is 2.16. The van der Waals surface area contributed by atoms with Crippen LogP contribution >= 0.6 is 0 Å². The van der Waals surface area contributed by atoms with Gasteiger partial charge >= 0.3 is 0 Å². The summed E-state index contributed by atoms with van der Waals surface area (Å²) in [6.45, 7) is 8.54. The van der Waals surface area contributed by atoms with E-state index in [-0.39, 0.29) is 5.82 Å². The molecule has 0 radical (unpaired) electrons. The molecule has 0 aliphatic rings. The van der Waals surface area contributed by atoms with Gasteiger partial charge in [-0.05, 0) is 55.3 Å². The minimum atomic E-state index is -0.171. The molecule has 1 unspecified atom stereocenters. The minimum Gasteiger partial charge on any atom is -0.346 e.